The van der Waals surface area contributed by atoms with Crippen molar-refractivity contribution in [3.05, 3.63) is 49.3 Å². The van der Waals surface area contributed by atoms with Gasteiger partial charge < -0.3 is 19.4 Å². The Bertz CT molecular complexity index is 1010. The van der Waals surface area contributed by atoms with Crippen molar-refractivity contribution in [1.82, 2.24) is 30.4 Å². The highest BCUT2D eigenvalue weighted by molar-refractivity contribution is 5.78. The van der Waals surface area contributed by atoms with E-state index >= 15 is 0 Å². The number of aromatic nitrogens is 4. The van der Waals surface area contributed by atoms with Gasteiger partial charge in [-0.1, -0.05) is 24.8 Å². The van der Waals surface area contributed by atoms with Crippen molar-refractivity contribution in [1.29, 1.82) is 0 Å². The number of benzene rings is 1. The fourth-order valence-electron chi connectivity index (χ4n) is 2.90. The molecule has 0 saturated carbocycles. The molecule has 1 aliphatic heterocycles. The van der Waals surface area contributed by atoms with Crippen molar-refractivity contribution in [2.24, 2.45) is 0 Å². The van der Waals surface area contributed by atoms with Gasteiger partial charge in [-0.05, 0) is 6.07 Å². The van der Waals surface area contributed by atoms with Crippen LogP contribution in [0.5, 0.6) is 5.88 Å². The summed E-state index contributed by atoms with van der Waals surface area (Å²) in [7, 11) is 1.83. The molecule has 1 aliphatic rings. The van der Waals surface area contributed by atoms with Crippen LogP contribution in [0.25, 0.3) is 10.9 Å². The second-order valence-corrected chi connectivity index (χ2v) is 6.61. The van der Waals surface area contributed by atoms with Gasteiger partial charge in [0.15, 0.2) is 6.73 Å². The van der Waals surface area contributed by atoms with Crippen LogP contribution in [0.1, 0.15) is 0 Å². The molecule has 0 spiro atoms. The fraction of sp³-hybridized carbons (Fsp3) is 0.300. The molecule has 10 heteroatoms. The molecule has 2 aromatic heterocycles. The van der Waals surface area contributed by atoms with Crippen LogP contribution in [0.3, 0.4) is 0 Å². The van der Waals surface area contributed by atoms with Crippen LogP contribution in [0.2, 0.25) is 0 Å². The number of ether oxygens (including phenoxy) is 2. The first kappa shape index (κ1) is 19.8. The first-order valence-corrected chi connectivity index (χ1v) is 9.63. The lowest BCUT2D eigenvalue weighted by atomic mass is 10.2. The standard InChI is InChI=1S/C20H24N8O2/c1-3-27(2)22-14-30-18-12-17(28-8-10-29-11-9-28)24-20(25-18)26-19-21-13-15-6-4-5-7-16(15)23-19/h3-7,12-13,22H,1,8-11,14H2,2H3,(H,21,23,24,25,26). The molecule has 1 fully saturated rings. The molecule has 0 atom stereocenters. The van der Waals surface area contributed by atoms with E-state index in [1.165, 1.54) is 0 Å². The molecular weight excluding hydrogens is 384 g/mol. The Kier molecular flexibility index (Phi) is 6.16. The number of hydrogen-bond acceptors (Lipinski definition) is 10. The minimum absolute atomic E-state index is 0.230. The molecule has 0 amide bonds. The normalized spacial score (nSPS) is 13.8. The SMILES string of the molecule is C=CN(C)NCOc1cc(N2CCOCC2)nc(Nc2ncc3ccccc3n2)n1. The highest BCUT2D eigenvalue weighted by Crippen LogP contribution is 2.22. The maximum Gasteiger partial charge on any atom is 0.234 e. The summed E-state index contributed by atoms with van der Waals surface area (Å²) in [4.78, 5) is 20.1. The third-order valence-corrected chi connectivity index (χ3v) is 4.54. The van der Waals surface area contributed by atoms with Crippen LogP contribution in [0.4, 0.5) is 17.7 Å². The number of nitrogens with zero attached hydrogens (tertiary/aromatic N) is 6. The van der Waals surface area contributed by atoms with Gasteiger partial charge in [-0.25, -0.2) is 9.97 Å². The quantitative estimate of drug-likeness (QED) is 0.425. The van der Waals surface area contributed by atoms with Crippen LogP contribution < -0.4 is 20.4 Å². The Morgan fingerprint density at radius 2 is 2.03 bits per heavy atom. The van der Waals surface area contributed by atoms with Crippen LogP contribution in [0.15, 0.2) is 49.3 Å². The Labute approximate surface area is 174 Å². The maximum absolute atomic E-state index is 5.77. The average Bonchev–Trinajstić information content (AvgIpc) is 2.79. The van der Waals surface area contributed by atoms with Crippen LogP contribution >= 0.6 is 0 Å². The van der Waals surface area contributed by atoms with Gasteiger partial charge in [-0.2, -0.15) is 15.4 Å². The molecule has 4 rings (SSSR count). The van der Waals surface area contributed by atoms with Gasteiger partial charge in [0, 0.05) is 44.0 Å². The summed E-state index contributed by atoms with van der Waals surface area (Å²) in [5, 5.41) is 5.76. The van der Waals surface area contributed by atoms with Crippen LogP contribution in [-0.2, 0) is 4.74 Å². The highest BCUT2D eigenvalue weighted by Gasteiger charge is 2.16. The molecule has 3 aromatic rings. The third kappa shape index (κ3) is 4.91. The molecule has 1 aromatic carbocycles. The van der Waals surface area contributed by atoms with E-state index in [-0.39, 0.29) is 6.73 Å². The number of fused-ring (bicyclic) bond motifs is 1. The summed E-state index contributed by atoms with van der Waals surface area (Å²) in [6, 6.07) is 9.60. The van der Waals surface area contributed by atoms with Gasteiger partial charge in [-0.3, -0.25) is 5.32 Å². The fourth-order valence-corrected chi connectivity index (χ4v) is 2.90. The zero-order valence-corrected chi connectivity index (χ0v) is 16.8. The van der Waals surface area contributed by atoms with E-state index in [0.29, 0.717) is 31.0 Å². The average molecular weight is 408 g/mol. The summed E-state index contributed by atoms with van der Waals surface area (Å²) in [5.41, 5.74) is 3.86. The summed E-state index contributed by atoms with van der Waals surface area (Å²) in [6.45, 7) is 6.72. The van der Waals surface area contributed by atoms with Crippen LogP contribution in [0, 0.1) is 0 Å². The van der Waals surface area contributed by atoms with Gasteiger partial charge in [0.2, 0.25) is 17.8 Å². The predicted molar refractivity (Wildman–Crippen MR) is 114 cm³/mol. The van der Waals surface area contributed by atoms with E-state index in [9.17, 15) is 0 Å². The molecule has 0 radical (unpaired) electrons. The van der Waals surface area contributed by atoms with Gasteiger partial charge in [0.05, 0.1) is 18.7 Å². The van der Waals surface area contributed by atoms with E-state index in [1.807, 2.05) is 37.4 Å². The lowest BCUT2D eigenvalue weighted by Gasteiger charge is -2.28. The third-order valence-electron chi connectivity index (χ3n) is 4.54. The summed E-state index contributed by atoms with van der Waals surface area (Å²) in [5.74, 6) is 1.97. The van der Waals surface area contributed by atoms with Gasteiger partial charge >= 0.3 is 0 Å². The van der Waals surface area contributed by atoms with E-state index in [2.05, 4.69) is 42.2 Å². The monoisotopic (exact) mass is 408 g/mol. The number of hydrogen-bond donors (Lipinski definition) is 2. The zero-order valence-electron chi connectivity index (χ0n) is 16.8. The Hall–Kier alpha value is -3.50. The molecule has 10 nitrogen and oxygen atoms in total. The Morgan fingerprint density at radius 3 is 2.87 bits per heavy atom. The van der Waals surface area contributed by atoms with Gasteiger partial charge in [0.25, 0.3) is 0 Å². The minimum Gasteiger partial charge on any atom is -0.460 e. The van der Waals surface area contributed by atoms with E-state index in [0.717, 1.165) is 29.8 Å². The van der Waals surface area contributed by atoms with Crippen molar-refractivity contribution < 1.29 is 9.47 Å². The maximum atomic E-state index is 5.77. The lowest BCUT2D eigenvalue weighted by Crippen LogP contribution is -2.37. The lowest BCUT2D eigenvalue weighted by molar-refractivity contribution is 0.122. The first-order valence-electron chi connectivity index (χ1n) is 9.63. The molecule has 3 heterocycles. The molecule has 2 N–H and O–H groups in total. The highest BCUT2D eigenvalue weighted by atomic mass is 16.5. The summed E-state index contributed by atoms with van der Waals surface area (Å²) in [6.07, 6.45) is 3.41. The summed E-state index contributed by atoms with van der Waals surface area (Å²) < 4.78 is 11.2. The summed E-state index contributed by atoms with van der Waals surface area (Å²) >= 11 is 0. The Balaban J connectivity index is 1.57. The second kappa shape index (κ2) is 9.33. The Morgan fingerprint density at radius 1 is 1.20 bits per heavy atom. The van der Waals surface area contributed by atoms with Crippen molar-refractivity contribution in [2.45, 2.75) is 0 Å². The van der Waals surface area contributed by atoms with E-state index in [1.54, 1.807) is 17.4 Å². The molecule has 0 aliphatic carbocycles. The smallest absolute Gasteiger partial charge is 0.234 e. The number of nitrogens with one attached hydrogen (secondary N) is 2. The minimum atomic E-state index is 0.230. The van der Waals surface area contributed by atoms with E-state index in [4.69, 9.17) is 9.47 Å². The molecular formula is C20H24N8O2. The van der Waals surface area contributed by atoms with Gasteiger partial charge in [0.1, 0.15) is 5.82 Å². The number of hydrazine groups is 1. The largest absolute Gasteiger partial charge is 0.460 e. The molecule has 0 unspecified atom stereocenters. The number of rotatable bonds is 8. The number of anilines is 3. The molecule has 30 heavy (non-hydrogen) atoms. The molecule has 1 saturated heterocycles. The second-order valence-electron chi connectivity index (χ2n) is 6.61. The molecule has 156 valence electrons. The van der Waals surface area contributed by atoms with Crippen LogP contribution in [-0.4, -0.2) is 65.0 Å². The van der Waals surface area contributed by atoms with Crippen molar-refractivity contribution in [3.63, 3.8) is 0 Å². The van der Waals surface area contributed by atoms with Gasteiger partial charge in [-0.15, -0.1) is 0 Å². The first-order chi connectivity index (χ1) is 14.7. The van der Waals surface area contributed by atoms with Crippen molar-refractivity contribution in [2.75, 3.05) is 50.3 Å². The predicted octanol–water partition coefficient (Wildman–Crippen LogP) is 1.92. The topological polar surface area (TPSA) is 101 Å². The van der Waals surface area contributed by atoms with E-state index < -0.39 is 0 Å². The number of morpholine rings is 1. The van der Waals surface area contributed by atoms with Crippen molar-refractivity contribution >= 4 is 28.6 Å². The molecule has 0 bridgehead atoms. The van der Waals surface area contributed by atoms with Crippen molar-refractivity contribution in [3.8, 4) is 5.88 Å². The zero-order chi connectivity index (χ0) is 20.8. The number of para-hydroxylation sites is 1.